The predicted octanol–water partition coefficient (Wildman–Crippen LogP) is 0.833. The minimum atomic E-state index is -0.742. The minimum absolute atomic E-state index is 0.0322. The van der Waals surface area contributed by atoms with Crippen molar-refractivity contribution in [3.63, 3.8) is 0 Å². The van der Waals surface area contributed by atoms with E-state index in [1.807, 2.05) is 0 Å². The third-order valence-corrected chi connectivity index (χ3v) is 4.55. The second-order valence-corrected chi connectivity index (χ2v) is 6.18. The van der Waals surface area contributed by atoms with Crippen LogP contribution in [0.2, 0.25) is 0 Å². The number of nitrogens with one attached hydrogen (secondary N) is 1. The third kappa shape index (κ3) is 3.62. The molecule has 0 aromatic rings. The molecule has 20 heavy (non-hydrogen) atoms. The zero-order valence-electron chi connectivity index (χ0n) is 12.3. The Balaban J connectivity index is 1.79. The van der Waals surface area contributed by atoms with Gasteiger partial charge < -0.3 is 20.2 Å². The average Bonchev–Trinajstić information content (AvgIpc) is 2.42. The minimum Gasteiger partial charge on any atom is -0.481 e. The number of amides is 2. The highest BCUT2D eigenvalue weighted by Gasteiger charge is 2.30. The Morgan fingerprint density at radius 3 is 2.35 bits per heavy atom. The Morgan fingerprint density at radius 2 is 1.80 bits per heavy atom. The Labute approximate surface area is 120 Å². The topological polar surface area (TPSA) is 72.9 Å². The van der Waals surface area contributed by atoms with Gasteiger partial charge in [-0.25, -0.2) is 4.79 Å². The number of nitrogens with zero attached hydrogens (tertiary/aromatic N) is 2. The van der Waals surface area contributed by atoms with Gasteiger partial charge in [-0.15, -0.1) is 0 Å². The van der Waals surface area contributed by atoms with Crippen molar-refractivity contribution < 1.29 is 14.7 Å². The van der Waals surface area contributed by atoms with Crippen molar-refractivity contribution in [3.8, 4) is 0 Å². The zero-order valence-corrected chi connectivity index (χ0v) is 12.3. The van der Waals surface area contributed by atoms with Crippen LogP contribution in [-0.2, 0) is 4.79 Å². The van der Waals surface area contributed by atoms with Crippen molar-refractivity contribution in [3.05, 3.63) is 0 Å². The fourth-order valence-corrected chi connectivity index (χ4v) is 3.15. The highest BCUT2D eigenvalue weighted by atomic mass is 16.4. The number of carbonyl (C=O) groups excluding carboxylic acids is 1. The van der Waals surface area contributed by atoms with Gasteiger partial charge in [0.15, 0.2) is 0 Å². The first kappa shape index (κ1) is 15.1. The molecule has 2 saturated heterocycles. The largest absolute Gasteiger partial charge is 0.481 e. The molecule has 0 aromatic heterocycles. The number of aliphatic carboxylic acids is 1. The van der Waals surface area contributed by atoms with E-state index in [4.69, 9.17) is 5.11 Å². The van der Waals surface area contributed by atoms with Crippen LogP contribution in [0.5, 0.6) is 0 Å². The molecule has 2 aliphatic rings. The summed E-state index contributed by atoms with van der Waals surface area (Å²) in [6.07, 6.45) is 2.10. The summed E-state index contributed by atoms with van der Waals surface area (Å²) in [6, 6.07) is 0.200. The van der Waals surface area contributed by atoms with Crippen molar-refractivity contribution in [2.75, 3.05) is 33.2 Å². The summed E-state index contributed by atoms with van der Waals surface area (Å²) in [4.78, 5) is 27.2. The lowest BCUT2D eigenvalue weighted by molar-refractivity contribution is -0.143. The molecule has 2 aliphatic heterocycles. The van der Waals surface area contributed by atoms with Gasteiger partial charge in [0.25, 0.3) is 0 Å². The maximum atomic E-state index is 12.2. The van der Waals surface area contributed by atoms with E-state index in [0.717, 1.165) is 19.5 Å². The molecular weight excluding hydrogens is 258 g/mol. The molecule has 2 amide bonds. The monoisotopic (exact) mass is 283 g/mol. The summed E-state index contributed by atoms with van der Waals surface area (Å²) in [5.74, 6) is -0.579. The van der Waals surface area contributed by atoms with Crippen LogP contribution < -0.4 is 5.32 Å². The summed E-state index contributed by atoms with van der Waals surface area (Å²) in [5.41, 5.74) is 0. The van der Waals surface area contributed by atoms with Crippen LogP contribution in [0, 0.1) is 11.8 Å². The van der Waals surface area contributed by atoms with E-state index >= 15 is 0 Å². The molecule has 2 heterocycles. The summed E-state index contributed by atoms with van der Waals surface area (Å²) in [5, 5.41) is 12.1. The second kappa shape index (κ2) is 6.43. The van der Waals surface area contributed by atoms with Crippen molar-refractivity contribution >= 4 is 12.0 Å². The molecule has 6 nitrogen and oxygen atoms in total. The molecule has 2 rings (SSSR count). The van der Waals surface area contributed by atoms with Crippen LogP contribution in [0.15, 0.2) is 0 Å². The molecule has 0 spiro atoms. The lowest BCUT2D eigenvalue weighted by Gasteiger charge is -2.37. The highest BCUT2D eigenvalue weighted by Crippen LogP contribution is 2.19. The maximum absolute atomic E-state index is 12.2. The van der Waals surface area contributed by atoms with Gasteiger partial charge >= 0.3 is 12.0 Å². The molecule has 114 valence electrons. The zero-order chi connectivity index (χ0) is 14.7. The highest BCUT2D eigenvalue weighted by molar-refractivity contribution is 5.75. The van der Waals surface area contributed by atoms with Gasteiger partial charge in [0.1, 0.15) is 0 Å². The second-order valence-electron chi connectivity index (χ2n) is 6.18. The van der Waals surface area contributed by atoms with E-state index < -0.39 is 5.97 Å². The first-order valence-electron chi connectivity index (χ1n) is 7.44. The lowest BCUT2D eigenvalue weighted by Crippen LogP contribution is -2.53. The van der Waals surface area contributed by atoms with Gasteiger partial charge in [-0.3, -0.25) is 4.79 Å². The van der Waals surface area contributed by atoms with Gasteiger partial charge in [0, 0.05) is 25.7 Å². The van der Waals surface area contributed by atoms with E-state index in [1.54, 1.807) is 4.90 Å². The normalized spacial score (nSPS) is 29.2. The standard InChI is InChI=1S/C14H25N3O3/c1-10-9-16(2)6-5-12(10)15-14(20)17-7-3-11(4-8-17)13(18)19/h10-12H,3-9H2,1-2H3,(H,15,20)(H,18,19). The van der Waals surface area contributed by atoms with Crippen molar-refractivity contribution in [2.24, 2.45) is 11.8 Å². The van der Waals surface area contributed by atoms with Crippen LogP contribution in [0.25, 0.3) is 0 Å². The Hall–Kier alpha value is -1.30. The number of hydrogen-bond acceptors (Lipinski definition) is 3. The summed E-state index contributed by atoms with van der Waals surface area (Å²) in [6.45, 7) is 5.27. The Bertz CT molecular complexity index is 367. The molecule has 2 fully saturated rings. The molecule has 0 bridgehead atoms. The Morgan fingerprint density at radius 1 is 1.15 bits per heavy atom. The summed E-state index contributed by atoms with van der Waals surface area (Å²) in [7, 11) is 2.10. The number of piperidine rings is 2. The van der Waals surface area contributed by atoms with E-state index in [-0.39, 0.29) is 18.0 Å². The fourth-order valence-electron chi connectivity index (χ4n) is 3.15. The lowest BCUT2D eigenvalue weighted by atomic mass is 9.94. The number of carboxylic acid groups (broad SMARTS) is 1. The van der Waals surface area contributed by atoms with Crippen molar-refractivity contribution in [1.82, 2.24) is 15.1 Å². The summed E-state index contributed by atoms with van der Waals surface area (Å²) >= 11 is 0. The SMILES string of the molecule is CC1CN(C)CCC1NC(=O)N1CCC(C(=O)O)CC1. The fraction of sp³-hybridized carbons (Fsp3) is 0.857. The van der Waals surface area contributed by atoms with Crippen molar-refractivity contribution in [1.29, 1.82) is 0 Å². The molecule has 0 radical (unpaired) electrons. The van der Waals surface area contributed by atoms with E-state index in [1.165, 1.54) is 0 Å². The molecular formula is C14H25N3O3. The van der Waals surface area contributed by atoms with E-state index in [0.29, 0.717) is 31.8 Å². The molecule has 0 aliphatic carbocycles. The molecule has 2 atom stereocenters. The number of carbonyl (C=O) groups is 2. The van der Waals surface area contributed by atoms with Crippen LogP contribution in [0.4, 0.5) is 4.79 Å². The quantitative estimate of drug-likeness (QED) is 0.787. The number of hydrogen-bond donors (Lipinski definition) is 2. The van der Waals surface area contributed by atoms with Gasteiger partial charge in [-0.05, 0) is 38.8 Å². The van der Waals surface area contributed by atoms with Crippen LogP contribution >= 0.6 is 0 Å². The van der Waals surface area contributed by atoms with Gasteiger partial charge in [0.05, 0.1) is 5.92 Å². The van der Waals surface area contributed by atoms with E-state index in [2.05, 4.69) is 24.2 Å². The predicted molar refractivity (Wildman–Crippen MR) is 75.5 cm³/mol. The van der Waals surface area contributed by atoms with Crippen LogP contribution in [0.1, 0.15) is 26.2 Å². The first-order valence-corrected chi connectivity index (χ1v) is 7.44. The van der Waals surface area contributed by atoms with Gasteiger partial charge in [-0.1, -0.05) is 6.92 Å². The van der Waals surface area contributed by atoms with Crippen LogP contribution in [0.3, 0.4) is 0 Å². The molecule has 6 heteroatoms. The number of rotatable bonds is 2. The van der Waals surface area contributed by atoms with Gasteiger partial charge in [-0.2, -0.15) is 0 Å². The molecule has 0 aromatic carbocycles. The maximum Gasteiger partial charge on any atom is 0.317 e. The smallest absolute Gasteiger partial charge is 0.317 e. The number of likely N-dealkylation sites (tertiary alicyclic amines) is 2. The first-order chi connectivity index (χ1) is 9.47. The van der Waals surface area contributed by atoms with Crippen LogP contribution in [-0.4, -0.2) is 66.2 Å². The molecule has 0 saturated carbocycles. The molecule has 2 unspecified atom stereocenters. The van der Waals surface area contributed by atoms with Crippen molar-refractivity contribution in [2.45, 2.75) is 32.2 Å². The number of carboxylic acids is 1. The third-order valence-electron chi connectivity index (χ3n) is 4.55. The number of urea groups is 1. The average molecular weight is 283 g/mol. The van der Waals surface area contributed by atoms with E-state index in [9.17, 15) is 9.59 Å². The Kier molecular flexibility index (Phi) is 4.86. The summed E-state index contributed by atoms with van der Waals surface area (Å²) < 4.78 is 0. The van der Waals surface area contributed by atoms with Gasteiger partial charge in [0.2, 0.25) is 0 Å². The molecule has 2 N–H and O–H groups in total.